The lowest BCUT2D eigenvalue weighted by Gasteiger charge is -2.28. The van der Waals surface area contributed by atoms with Crippen molar-refractivity contribution in [1.82, 2.24) is 16.0 Å². The van der Waals surface area contributed by atoms with E-state index in [9.17, 15) is 14.4 Å². The smallest absolute Gasteiger partial charge is 0.326 e. The molecule has 0 aromatic heterocycles. The summed E-state index contributed by atoms with van der Waals surface area (Å²) in [7, 11) is 1.42. The van der Waals surface area contributed by atoms with Crippen LogP contribution in [0, 0.1) is 0 Å². The van der Waals surface area contributed by atoms with Crippen LogP contribution in [0.15, 0.2) is 0 Å². The minimum atomic E-state index is -0.927. The molecule has 3 amide bonds. The zero-order valence-electron chi connectivity index (χ0n) is 14.1. The van der Waals surface area contributed by atoms with Gasteiger partial charge in [0, 0.05) is 7.05 Å². The molecule has 22 heavy (non-hydrogen) atoms. The van der Waals surface area contributed by atoms with Crippen LogP contribution in [0.4, 0.5) is 4.79 Å². The fourth-order valence-electron chi connectivity index (χ4n) is 1.97. The maximum Gasteiger partial charge on any atom is 0.326 e. The van der Waals surface area contributed by atoms with Crippen molar-refractivity contribution in [3.05, 3.63) is 0 Å². The first kappa shape index (κ1) is 20.4. The Bertz CT molecular complexity index is 374. The van der Waals surface area contributed by atoms with E-state index in [1.807, 2.05) is 0 Å². The van der Waals surface area contributed by atoms with Crippen molar-refractivity contribution in [3.8, 4) is 0 Å². The Labute approximate surface area is 132 Å². The molecule has 0 aliphatic rings. The largest absolute Gasteiger partial charge is 0.465 e. The number of imide groups is 1. The molecule has 7 heteroatoms. The van der Waals surface area contributed by atoms with Gasteiger partial charge in [-0.15, -0.1) is 0 Å². The number of nitrogens with one attached hydrogen (secondary N) is 3. The van der Waals surface area contributed by atoms with Gasteiger partial charge in [0.1, 0.15) is 5.54 Å². The van der Waals surface area contributed by atoms with E-state index < -0.39 is 17.5 Å². The highest BCUT2D eigenvalue weighted by atomic mass is 16.5. The molecule has 7 nitrogen and oxygen atoms in total. The van der Waals surface area contributed by atoms with Crippen molar-refractivity contribution >= 4 is 17.9 Å². The van der Waals surface area contributed by atoms with Crippen molar-refractivity contribution in [2.45, 2.75) is 58.4 Å². The summed E-state index contributed by atoms with van der Waals surface area (Å²) in [5, 5.41) is 7.36. The molecule has 0 saturated heterocycles. The number of rotatable bonds is 10. The third-order valence-electron chi connectivity index (χ3n) is 3.38. The molecule has 0 aliphatic carbocycles. The molecule has 0 fully saturated rings. The highest BCUT2D eigenvalue weighted by molar-refractivity contribution is 5.95. The van der Waals surface area contributed by atoms with Gasteiger partial charge in [-0.3, -0.25) is 20.2 Å². The lowest BCUT2D eigenvalue weighted by Crippen LogP contribution is -2.54. The van der Waals surface area contributed by atoms with E-state index >= 15 is 0 Å². The van der Waals surface area contributed by atoms with Crippen LogP contribution in [0.1, 0.15) is 52.9 Å². The second-order valence-corrected chi connectivity index (χ2v) is 5.34. The third kappa shape index (κ3) is 7.97. The van der Waals surface area contributed by atoms with Crippen LogP contribution < -0.4 is 16.0 Å². The lowest BCUT2D eigenvalue weighted by molar-refractivity contribution is -0.151. The van der Waals surface area contributed by atoms with Gasteiger partial charge in [0.15, 0.2) is 0 Å². The predicted octanol–water partition coefficient (Wildman–Crippen LogP) is 1.32. The highest BCUT2D eigenvalue weighted by Gasteiger charge is 2.34. The first-order valence-electron chi connectivity index (χ1n) is 7.83. The van der Waals surface area contributed by atoms with Gasteiger partial charge in [-0.05, 0) is 20.3 Å². The molecule has 3 N–H and O–H groups in total. The van der Waals surface area contributed by atoms with Crippen molar-refractivity contribution in [3.63, 3.8) is 0 Å². The molecule has 0 bridgehead atoms. The fourth-order valence-corrected chi connectivity index (χ4v) is 1.97. The monoisotopic (exact) mass is 315 g/mol. The molecule has 0 aromatic carbocycles. The maximum absolute atomic E-state index is 12.1. The molecule has 0 aliphatic heterocycles. The Morgan fingerprint density at radius 3 is 2.32 bits per heavy atom. The first-order valence-corrected chi connectivity index (χ1v) is 7.83. The number of ether oxygens (including phenoxy) is 1. The van der Waals surface area contributed by atoms with E-state index in [2.05, 4.69) is 22.9 Å². The average Bonchev–Trinajstić information content (AvgIpc) is 2.49. The quantitative estimate of drug-likeness (QED) is 0.417. The van der Waals surface area contributed by atoms with Crippen LogP contribution in [0.25, 0.3) is 0 Å². The normalized spacial score (nSPS) is 13.1. The summed E-state index contributed by atoms with van der Waals surface area (Å²) in [5.41, 5.74) is -0.927. The summed E-state index contributed by atoms with van der Waals surface area (Å²) in [6.45, 7) is 5.75. The zero-order valence-corrected chi connectivity index (χ0v) is 14.1. The van der Waals surface area contributed by atoms with Gasteiger partial charge < -0.3 is 10.1 Å². The van der Waals surface area contributed by atoms with Crippen LogP contribution >= 0.6 is 0 Å². The Kier molecular flexibility index (Phi) is 10.2. The standard InChI is InChI=1S/C15H29N3O4/c1-5-7-8-9-10-15(3,13(20)22-6-2)17-11-12(19)18-14(21)16-4/h17H,5-11H2,1-4H3,(H2,16,18,19,21)/t15-/m0/s1. The number of urea groups is 1. The van der Waals surface area contributed by atoms with E-state index in [4.69, 9.17) is 4.74 Å². The maximum atomic E-state index is 12.1. The van der Waals surface area contributed by atoms with Crippen LogP contribution in [-0.4, -0.2) is 43.6 Å². The summed E-state index contributed by atoms with van der Waals surface area (Å²) < 4.78 is 5.09. The SMILES string of the molecule is CCCCCC[C@](C)(NCC(=O)NC(=O)NC)C(=O)OCC. The zero-order chi connectivity index (χ0) is 17.0. The molecule has 0 aromatic rings. The van der Waals surface area contributed by atoms with Gasteiger partial charge in [-0.2, -0.15) is 0 Å². The van der Waals surface area contributed by atoms with Crippen LogP contribution in [-0.2, 0) is 14.3 Å². The molecule has 0 spiro atoms. The second kappa shape index (κ2) is 11.0. The molecule has 0 heterocycles. The number of carbonyl (C=O) groups excluding carboxylic acids is 3. The summed E-state index contributed by atoms with van der Waals surface area (Å²) in [4.78, 5) is 34.8. The minimum Gasteiger partial charge on any atom is -0.465 e. The summed E-state index contributed by atoms with van der Waals surface area (Å²) in [6, 6.07) is -0.576. The minimum absolute atomic E-state index is 0.128. The van der Waals surface area contributed by atoms with Crippen LogP contribution in [0.5, 0.6) is 0 Å². The summed E-state index contributed by atoms with van der Waals surface area (Å²) >= 11 is 0. The van der Waals surface area contributed by atoms with E-state index in [1.165, 1.54) is 7.05 Å². The Balaban J connectivity index is 4.54. The Morgan fingerprint density at radius 2 is 1.77 bits per heavy atom. The molecular weight excluding hydrogens is 286 g/mol. The van der Waals surface area contributed by atoms with Crippen LogP contribution in [0.3, 0.4) is 0 Å². The van der Waals surface area contributed by atoms with Crippen LogP contribution in [0.2, 0.25) is 0 Å². The van der Waals surface area contributed by atoms with Crippen molar-refractivity contribution in [2.75, 3.05) is 20.2 Å². The van der Waals surface area contributed by atoms with E-state index in [1.54, 1.807) is 13.8 Å². The predicted molar refractivity (Wildman–Crippen MR) is 84.4 cm³/mol. The fraction of sp³-hybridized carbons (Fsp3) is 0.800. The molecular formula is C15H29N3O4. The van der Waals surface area contributed by atoms with Gasteiger partial charge in [0.2, 0.25) is 5.91 Å². The first-order chi connectivity index (χ1) is 10.4. The topological polar surface area (TPSA) is 96.5 Å². The number of hydrogen-bond donors (Lipinski definition) is 3. The van der Waals surface area contributed by atoms with Crippen molar-refractivity contribution in [2.24, 2.45) is 0 Å². The molecule has 1 atom stereocenters. The molecule has 0 unspecified atom stereocenters. The number of esters is 1. The molecule has 0 radical (unpaired) electrons. The van der Waals surface area contributed by atoms with Gasteiger partial charge in [-0.25, -0.2) is 4.79 Å². The highest BCUT2D eigenvalue weighted by Crippen LogP contribution is 2.17. The van der Waals surface area contributed by atoms with Crippen molar-refractivity contribution < 1.29 is 19.1 Å². The number of carbonyl (C=O) groups is 3. The van der Waals surface area contributed by atoms with Gasteiger partial charge in [0.25, 0.3) is 0 Å². The number of hydrogen-bond acceptors (Lipinski definition) is 5. The van der Waals surface area contributed by atoms with E-state index in [0.29, 0.717) is 6.42 Å². The molecule has 0 saturated carbocycles. The van der Waals surface area contributed by atoms with Gasteiger partial charge in [0.05, 0.1) is 13.2 Å². The second-order valence-electron chi connectivity index (χ2n) is 5.34. The van der Waals surface area contributed by atoms with E-state index in [-0.39, 0.29) is 19.1 Å². The lowest BCUT2D eigenvalue weighted by atomic mass is 9.94. The molecule has 128 valence electrons. The third-order valence-corrected chi connectivity index (χ3v) is 3.38. The molecule has 0 rings (SSSR count). The average molecular weight is 315 g/mol. The van der Waals surface area contributed by atoms with Gasteiger partial charge in [-0.1, -0.05) is 32.6 Å². The number of amides is 3. The number of unbranched alkanes of at least 4 members (excludes halogenated alkanes) is 3. The van der Waals surface area contributed by atoms with Gasteiger partial charge >= 0.3 is 12.0 Å². The Hall–Kier alpha value is -1.63. The van der Waals surface area contributed by atoms with E-state index in [0.717, 1.165) is 25.7 Å². The van der Waals surface area contributed by atoms with Crippen molar-refractivity contribution in [1.29, 1.82) is 0 Å². The summed E-state index contributed by atoms with van der Waals surface area (Å²) in [5.74, 6) is -0.873. The Morgan fingerprint density at radius 1 is 1.09 bits per heavy atom. The summed E-state index contributed by atoms with van der Waals surface area (Å²) in [6.07, 6.45) is 4.69.